The van der Waals surface area contributed by atoms with Crippen LogP contribution >= 0.6 is 11.6 Å². The molecule has 2 aliphatic carbocycles. The maximum atomic E-state index is 14.6. The minimum absolute atomic E-state index is 0.0448. The molecule has 2 atom stereocenters. The van der Waals surface area contributed by atoms with Crippen LogP contribution < -0.4 is 16.4 Å². The number of aliphatic hydroxyl groups is 1. The number of carbonyl (C=O) groups excluding carboxylic acids is 1. The van der Waals surface area contributed by atoms with Crippen LogP contribution in [0.4, 0.5) is 26.4 Å². The largest absolute Gasteiger partial charge is 0.393 e. The zero-order chi connectivity index (χ0) is 25.4. The normalized spacial score (nSPS) is 24.6. The maximum Gasteiger partial charge on any atom is 0.224 e. The van der Waals surface area contributed by atoms with Gasteiger partial charge in [0.1, 0.15) is 11.2 Å². The second-order valence-corrected chi connectivity index (χ2v) is 10.1. The van der Waals surface area contributed by atoms with E-state index in [1.807, 2.05) is 4.57 Å². The second-order valence-electron chi connectivity index (χ2n) is 9.65. The van der Waals surface area contributed by atoms with E-state index in [-0.39, 0.29) is 46.7 Å². The van der Waals surface area contributed by atoms with E-state index >= 15 is 0 Å². The number of halogens is 3. The molecule has 0 saturated heterocycles. The van der Waals surface area contributed by atoms with E-state index in [9.17, 15) is 18.7 Å². The van der Waals surface area contributed by atoms with Gasteiger partial charge in [0, 0.05) is 23.0 Å². The molecule has 0 radical (unpaired) electrons. The van der Waals surface area contributed by atoms with Gasteiger partial charge in [-0.3, -0.25) is 9.36 Å². The first-order chi connectivity index (χ1) is 17.3. The number of amides is 1. The SMILES string of the molecule is NC(=O)[C@H]1CC[C@H](n2c(Nc3c(F)cc(Cl)cc3F)nc3cnc(N[C@H]4CCC[C@H](O)C4)nc32)CC1. The molecule has 0 bridgehead atoms. The number of hydrogen-bond acceptors (Lipinski definition) is 7. The Kier molecular flexibility index (Phi) is 6.94. The number of benzene rings is 1. The molecule has 12 heteroatoms. The molecular formula is C24H28ClF2N7O2. The van der Waals surface area contributed by atoms with Crippen molar-refractivity contribution in [1.82, 2.24) is 19.5 Å². The number of fused-ring (bicyclic) bond motifs is 1. The molecule has 2 aliphatic rings. The van der Waals surface area contributed by atoms with Crippen LogP contribution in [0.5, 0.6) is 0 Å². The fourth-order valence-corrected chi connectivity index (χ4v) is 5.46. The third kappa shape index (κ3) is 5.08. The van der Waals surface area contributed by atoms with Crippen molar-refractivity contribution in [3.63, 3.8) is 0 Å². The standard InChI is InChI=1S/C24H28ClF2N7O2/c25-13-8-17(26)20(18(27)9-13)32-24-31-19-11-29-23(30-14-2-1-3-16(35)10-14)33-22(19)34(24)15-6-4-12(5-7-15)21(28)36/h8-9,11-12,14-16,35H,1-7,10H2,(H2,28,36)(H,31,32)(H,29,30,33)/t12-,14-,15-,16-/m0/s1. The van der Waals surface area contributed by atoms with E-state index in [0.717, 1.165) is 31.4 Å². The van der Waals surface area contributed by atoms with Crippen LogP contribution in [0.3, 0.4) is 0 Å². The van der Waals surface area contributed by atoms with Crippen molar-refractivity contribution in [3.05, 3.63) is 35.0 Å². The van der Waals surface area contributed by atoms with E-state index in [1.54, 1.807) is 6.20 Å². The van der Waals surface area contributed by atoms with Gasteiger partial charge in [-0.05, 0) is 63.5 Å². The van der Waals surface area contributed by atoms with Crippen molar-refractivity contribution in [3.8, 4) is 0 Å². The number of nitrogens with zero attached hydrogens (tertiary/aromatic N) is 4. The van der Waals surface area contributed by atoms with E-state index in [1.165, 1.54) is 0 Å². The number of nitrogens with one attached hydrogen (secondary N) is 2. The van der Waals surface area contributed by atoms with Gasteiger partial charge >= 0.3 is 0 Å². The molecule has 3 aromatic rings. The van der Waals surface area contributed by atoms with E-state index in [2.05, 4.69) is 20.6 Å². The zero-order valence-electron chi connectivity index (χ0n) is 19.6. The summed E-state index contributed by atoms with van der Waals surface area (Å²) < 4.78 is 31.0. The van der Waals surface area contributed by atoms with Gasteiger partial charge in [-0.25, -0.2) is 18.7 Å². The topological polar surface area (TPSA) is 131 Å². The number of carbonyl (C=O) groups is 1. The number of rotatable bonds is 6. The van der Waals surface area contributed by atoms with Gasteiger partial charge in [0.25, 0.3) is 0 Å². The van der Waals surface area contributed by atoms with Crippen LogP contribution in [0.2, 0.25) is 5.02 Å². The third-order valence-electron chi connectivity index (χ3n) is 7.12. The Hall–Kier alpha value is -3.05. The van der Waals surface area contributed by atoms with E-state index in [0.29, 0.717) is 49.2 Å². The molecule has 0 spiro atoms. The van der Waals surface area contributed by atoms with Crippen molar-refractivity contribution in [2.24, 2.45) is 11.7 Å². The van der Waals surface area contributed by atoms with E-state index in [4.69, 9.17) is 22.3 Å². The summed E-state index contributed by atoms with van der Waals surface area (Å²) >= 11 is 5.78. The Bertz CT molecular complexity index is 1260. The lowest BCUT2D eigenvalue weighted by Gasteiger charge is -2.29. The van der Waals surface area contributed by atoms with Gasteiger partial charge in [0.2, 0.25) is 17.8 Å². The number of hydrogen-bond donors (Lipinski definition) is 4. The van der Waals surface area contributed by atoms with Crippen molar-refractivity contribution < 1.29 is 18.7 Å². The lowest BCUT2D eigenvalue weighted by molar-refractivity contribution is -0.122. The highest BCUT2D eigenvalue weighted by molar-refractivity contribution is 6.30. The van der Waals surface area contributed by atoms with Gasteiger partial charge in [0.05, 0.1) is 12.3 Å². The summed E-state index contributed by atoms with van der Waals surface area (Å²) in [6, 6.07) is 1.98. The summed E-state index contributed by atoms with van der Waals surface area (Å²) in [5.74, 6) is -1.61. The third-order valence-corrected chi connectivity index (χ3v) is 7.34. The van der Waals surface area contributed by atoms with E-state index < -0.39 is 11.6 Å². The molecule has 5 rings (SSSR count). The highest BCUT2D eigenvalue weighted by Crippen LogP contribution is 2.38. The molecule has 5 N–H and O–H groups in total. The lowest BCUT2D eigenvalue weighted by Crippen LogP contribution is -2.30. The molecule has 192 valence electrons. The predicted octanol–water partition coefficient (Wildman–Crippen LogP) is 4.43. The molecule has 0 aliphatic heterocycles. The zero-order valence-corrected chi connectivity index (χ0v) is 20.3. The summed E-state index contributed by atoms with van der Waals surface area (Å²) in [6.07, 6.45) is 6.86. The van der Waals surface area contributed by atoms with Crippen molar-refractivity contribution in [2.75, 3.05) is 10.6 Å². The molecule has 9 nitrogen and oxygen atoms in total. The van der Waals surface area contributed by atoms with Crippen LogP contribution in [0, 0.1) is 17.6 Å². The molecular weight excluding hydrogens is 492 g/mol. The predicted molar refractivity (Wildman–Crippen MR) is 132 cm³/mol. The quantitative estimate of drug-likeness (QED) is 0.379. The Morgan fingerprint density at radius 2 is 1.83 bits per heavy atom. The number of aliphatic hydroxyl groups excluding tert-OH is 1. The summed E-state index contributed by atoms with van der Waals surface area (Å²) in [6.45, 7) is 0. The van der Waals surface area contributed by atoms with Crippen molar-refractivity contribution in [2.45, 2.75) is 69.6 Å². The highest BCUT2D eigenvalue weighted by atomic mass is 35.5. The lowest BCUT2D eigenvalue weighted by atomic mass is 9.85. The molecule has 2 saturated carbocycles. The van der Waals surface area contributed by atoms with Crippen LogP contribution in [0.25, 0.3) is 11.2 Å². The minimum Gasteiger partial charge on any atom is -0.393 e. The van der Waals surface area contributed by atoms with Crippen LogP contribution in [-0.2, 0) is 4.79 Å². The van der Waals surface area contributed by atoms with Gasteiger partial charge in [-0.15, -0.1) is 0 Å². The van der Waals surface area contributed by atoms with Gasteiger partial charge in [-0.1, -0.05) is 11.6 Å². The first-order valence-electron chi connectivity index (χ1n) is 12.2. The number of nitrogens with two attached hydrogens (primary N) is 1. The molecule has 36 heavy (non-hydrogen) atoms. The summed E-state index contributed by atoms with van der Waals surface area (Å²) in [7, 11) is 0. The fraction of sp³-hybridized carbons (Fsp3) is 0.500. The minimum atomic E-state index is -0.847. The molecule has 1 amide bonds. The average molecular weight is 520 g/mol. The molecule has 2 fully saturated rings. The van der Waals surface area contributed by atoms with Gasteiger partial charge in [0.15, 0.2) is 17.3 Å². The number of anilines is 3. The van der Waals surface area contributed by atoms with Crippen LogP contribution in [-0.4, -0.2) is 42.7 Å². The van der Waals surface area contributed by atoms with Gasteiger partial charge < -0.3 is 21.5 Å². The Balaban J connectivity index is 1.51. The fourth-order valence-electron chi connectivity index (χ4n) is 5.26. The molecule has 0 unspecified atom stereocenters. The number of imidazole rings is 1. The summed E-state index contributed by atoms with van der Waals surface area (Å²) in [5, 5.41) is 16.0. The first-order valence-corrected chi connectivity index (χ1v) is 12.6. The van der Waals surface area contributed by atoms with Crippen molar-refractivity contribution >= 4 is 46.3 Å². The Labute approximate surface area is 211 Å². The number of aromatic nitrogens is 4. The summed E-state index contributed by atoms with van der Waals surface area (Å²) in [5.41, 5.74) is 6.10. The Morgan fingerprint density at radius 1 is 1.11 bits per heavy atom. The molecule has 1 aromatic carbocycles. The maximum absolute atomic E-state index is 14.6. The average Bonchev–Trinajstić information content (AvgIpc) is 3.18. The number of primary amides is 1. The molecule has 2 aromatic heterocycles. The van der Waals surface area contributed by atoms with Gasteiger partial charge in [-0.2, -0.15) is 4.98 Å². The van der Waals surface area contributed by atoms with Crippen LogP contribution in [0.1, 0.15) is 57.4 Å². The second kappa shape index (κ2) is 10.1. The highest BCUT2D eigenvalue weighted by Gasteiger charge is 2.30. The smallest absolute Gasteiger partial charge is 0.224 e. The monoisotopic (exact) mass is 519 g/mol. The van der Waals surface area contributed by atoms with Crippen LogP contribution in [0.15, 0.2) is 18.3 Å². The summed E-state index contributed by atoms with van der Waals surface area (Å²) in [4.78, 5) is 25.3. The molecule has 2 heterocycles. The first kappa shape index (κ1) is 24.6. The van der Waals surface area contributed by atoms with Crippen molar-refractivity contribution in [1.29, 1.82) is 0 Å². The Morgan fingerprint density at radius 3 is 2.50 bits per heavy atom.